The molecule has 1 fully saturated rings. The van der Waals surface area contributed by atoms with Crippen LogP contribution in [0.4, 0.5) is 0 Å². The summed E-state index contributed by atoms with van der Waals surface area (Å²) in [5, 5.41) is 7.17. The van der Waals surface area contributed by atoms with Crippen molar-refractivity contribution in [2.45, 2.75) is 45.4 Å². The number of hydrogen-bond donors (Lipinski definition) is 2. The lowest BCUT2D eigenvalue weighted by Gasteiger charge is -2.15. The largest absolute Gasteiger partial charge is 0.346 e. The highest BCUT2D eigenvalue weighted by molar-refractivity contribution is 5.92. The van der Waals surface area contributed by atoms with Gasteiger partial charge in [0.05, 0.1) is 0 Å². The first-order valence-corrected chi connectivity index (χ1v) is 7.71. The van der Waals surface area contributed by atoms with Gasteiger partial charge in [0.15, 0.2) is 0 Å². The molecule has 2 aromatic heterocycles. The van der Waals surface area contributed by atoms with Gasteiger partial charge in [-0.15, -0.1) is 0 Å². The Morgan fingerprint density at radius 2 is 2.18 bits per heavy atom. The molecule has 3 heterocycles. The fourth-order valence-electron chi connectivity index (χ4n) is 2.79. The highest BCUT2D eigenvalue weighted by atomic mass is 16.2. The summed E-state index contributed by atoms with van der Waals surface area (Å²) < 4.78 is 0. The Bertz CT molecular complexity index is 679. The molecule has 0 aromatic carbocycles. The van der Waals surface area contributed by atoms with E-state index in [4.69, 9.17) is 0 Å². The number of amides is 1. The van der Waals surface area contributed by atoms with E-state index in [1.165, 1.54) is 0 Å². The number of imidazole rings is 1. The van der Waals surface area contributed by atoms with Crippen LogP contribution in [0.2, 0.25) is 0 Å². The van der Waals surface area contributed by atoms with Gasteiger partial charge in [0.1, 0.15) is 11.5 Å². The van der Waals surface area contributed by atoms with Gasteiger partial charge in [0.25, 0.3) is 5.91 Å². The number of carbonyl (C=O) groups excluding carboxylic acids is 1. The lowest BCUT2D eigenvalue weighted by molar-refractivity contribution is 0.0784. The van der Waals surface area contributed by atoms with Crippen LogP contribution in [0.25, 0.3) is 0 Å². The summed E-state index contributed by atoms with van der Waals surface area (Å²) in [5.41, 5.74) is 2.50. The van der Waals surface area contributed by atoms with E-state index in [1.54, 1.807) is 0 Å². The van der Waals surface area contributed by atoms with Crippen molar-refractivity contribution in [1.29, 1.82) is 0 Å². The predicted octanol–water partition coefficient (Wildman–Crippen LogP) is 2.37. The third-order valence-electron chi connectivity index (χ3n) is 4.19. The minimum Gasteiger partial charge on any atom is -0.346 e. The van der Waals surface area contributed by atoms with Crippen molar-refractivity contribution >= 4 is 5.91 Å². The summed E-state index contributed by atoms with van der Waals surface area (Å²) in [6.45, 7) is 9.73. The highest BCUT2D eigenvalue weighted by Crippen LogP contribution is 2.27. The van der Waals surface area contributed by atoms with E-state index in [0.717, 1.165) is 30.2 Å². The van der Waals surface area contributed by atoms with Crippen LogP contribution in [0, 0.1) is 6.92 Å². The summed E-state index contributed by atoms with van der Waals surface area (Å²) in [5.74, 6) is 1.27. The van der Waals surface area contributed by atoms with Crippen LogP contribution < -0.4 is 0 Å². The van der Waals surface area contributed by atoms with Crippen molar-refractivity contribution < 1.29 is 4.79 Å². The molecule has 6 nitrogen and oxygen atoms in total. The Hall–Kier alpha value is -2.11. The second kappa shape index (κ2) is 5.26. The number of hydrogen-bond acceptors (Lipinski definition) is 3. The summed E-state index contributed by atoms with van der Waals surface area (Å²) in [6, 6.07) is 1.87. The van der Waals surface area contributed by atoms with Crippen LogP contribution in [0.3, 0.4) is 0 Å². The van der Waals surface area contributed by atoms with Gasteiger partial charge in [0, 0.05) is 42.0 Å². The Labute approximate surface area is 130 Å². The van der Waals surface area contributed by atoms with E-state index in [-0.39, 0.29) is 11.3 Å². The molecule has 3 rings (SSSR count). The molecule has 6 heteroatoms. The normalized spacial score (nSPS) is 18.9. The van der Waals surface area contributed by atoms with E-state index in [9.17, 15) is 4.79 Å². The molecule has 2 aromatic rings. The van der Waals surface area contributed by atoms with Crippen molar-refractivity contribution in [3.05, 3.63) is 35.2 Å². The lowest BCUT2D eigenvalue weighted by atomic mass is 9.92. The van der Waals surface area contributed by atoms with Crippen LogP contribution in [-0.4, -0.2) is 44.1 Å². The molecule has 1 atom stereocenters. The van der Waals surface area contributed by atoms with Gasteiger partial charge in [0.2, 0.25) is 0 Å². The number of likely N-dealkylation sites (tertiary alicyclic amines) is 1. The minimum atomic E-state index is -0.0369. The number of aromatic nitrogens is 4. The zero-order valence-electron chi connectivity index (χ0n) is 13.6. The van der Waals surface area contributed by atoms with Crippen molar-refractivity contribution in [1.82, 2.24) is 25.1 Å². The summed E-state index contributed by atoms with van der Waals surface area (Å²) in [7, 11) is 0. The van der Waals surface area contributed by atoms with Gasteiger partial charge in [-0.3, -0.25) is 9.89 Å². The standard InChI is InChI=1S/C16H23N5O/c1-10-8-17-14(18-10)11-5-6-21(9-11)15(22)12-7-13(20-19-12)16(2,3)4/h7-8,11H,5-6,9H2,1-4H3,(H,17,18)(H,19,20)/t11-/m1/s1. The van der Waals surface area contributed by atoms with Gasteiger partial charge in [-0.25, -0.2) is 4.98 Å². The first kappa shape index (κ1) is 14.8. The topological polar surface area (TPSA) is 77.7 Å². The molecule has 1 saturated heterocycles. The monoisotopic (exact) mass is 301 g/mol. The van der Waals surface area contributed by atoms with Gasteiger partial charge in [-0.2, -0.15) is 5.10 Å². The highest BCUT2D eigenvalue weighted by Gasteiger charge is 2.31. The van der Waals surface area contributed by atoms with Crippen molar-refractivity contribution in [2.24, 2.45) is 0 Å². The van der Waals surface area contributed by atoms with Crippen LogP contribution in [-0.2, 0) is 5.41 Å². The first-order valence-electron chi connectivity index (χ1n) is 7.71. The second-order valence-electron chi connectivity index (χ2n) is 7.11. The smallest absolute Gasteiger partial charge is 0.274 e. The van der Waals surface area contributed by atoms with Gasteiger partial charge in [-0.1, -0.05) is 20.8 Å². The van der Waals surface area contributed by atoms with Crippen molar-refractivity contribution in [2.75, 3.05) is 13.1 Å². The molecule has 0 radical (unpaired) electrons. The zero-order chi connectivity index (χ0) is 15.9. The second-order valence-corrected chi connectivity index (χ2v) is 7.11. The molecule has 0 spiro atoms. The lowest BCUT2D eigenvalue weighted by Crippen LogP contribution is -2.28. The molecule has 1 aliphatic rings. The molecule has 2 N–H and O–H groups in total. The first-order chi connectivity index (χ1) is 10.3. The SMILES string of the molecule is Cc1cnc([C@@H]2CCN(C(=O)c3cc(C(C)(C)C)[nH]n3)C2)[nH]1. The maximum atomic E-state index is 12.6. The number of aromatic amines is 2. The Morgan fingerprint density at radius 3 is 2.77 bits per heavy atom. The zero-order valence-corrected chi connectivity index (χ0v) is 13.6. The Morgan fingerprint density at radius 1 is 1.41 bits per heavy atom. The number of nitrogens with zero attached hydrogens (tertiary/aromatic N) is 3. The van der Waals surface area contributed by atoms with Crippen molar-refractivity contribution in [3.63, 3.8) is 0 Å². The van der Waals surface area contributed by atoms with Crippen LogP contribution in [0.15, 0.2) is 12.3 Å². The molecule has 0 bridgehead atoms. The van der Waals surface area contributed by atoms with Gasteiger partial charge >= 0.3 is 0 Å². The fraction of sp³-hybridized carbons (Fsp3) is 0.562. The maximum Gasteiger partial charge on any atom is 0.274 e. The summed E-state index contributed by atoms with van der Waals surface area (Å²) >= 11 is 0. The molecular formula is C16H23N5O. The Kier molecular flexibility index (Phi) is 3.54. The quantitative estimate of drug-likeness (QED) is 0.894. The molecule has 0 unspecified atom stereocenters. The minimum absolute atomic E-state index is 0.00229. The number of aryl methyl sites for hydroxylation is 1. The van der Waals surface area contributed by atoms with Crippen molar-refractivity contribution in [3.8, 4) is 0 Å². The van der Waals surface area contributed by atoms with E-state index >= 15 is 0 Å². The molecule has 1 aliphatic heterocycles. The van der Waals surface area contributed by atoms with Crippen LogP contribution in [0.5, 0.6) is 0 Å². The number of nitrogens with one attached hydrogen (secondary N) is 2. The number of H-pyrrole nitrogens is 2. The average molecular weight is 301 g/mol. The molecule has 1 amide bonds. The van der Waals surface area contributed by atoms with E-state index < -0.39 is 0 Å². The third-order valence-corrected chi connectivity index (χ3v) is 4.19. The number of rotatable bonds is 2. The summed E-state index contributed by atoms with van der Waals surface area (Å²) in [4.78, 5) is 22.1. The molecular weight excluding hydrogens is 278 g/mol. The predicted molar refractivity (Wildman–Crippen MR) is 83.9 cm³/mol. The van der Waals surface area contributed by atoms with E-state index in [1.807, 2.05) is 24.1 Å². The third kappa shape index (κ3) is 2.77. The fourth-order valence-corrected chi connectivity index (χ4v) is 2.79. The van der Waals surface area contributed by atoms with E-state index in [0.29, 0.717) is 18.2 Å². The summed E-state index contributed by atoms with van der Waals surface area (Å²) in [6.07, 6.45) is 2.78. The molecule has 0 saturated carbocycles. The number of carbonyl (C=O) groups is 1. The molecule has 22 heavy (non-hydrogen) atoms. The molecule has 118 valence electrons. The Balaban J connectivity index is 1.70. The van der Waals surface area contributed by atoms with E-state index in [2.05, 4.69) is 40.9 Å². The average Bonchev–Trinajstić information content (AvgIpc) is 3.16. The maximum absolute atomic E-state index is 12.6. The van der Waals surface area contributed by atoms with Crippen LogP contribution in [0.1, 0.15) is 60.8 Å². The van der Waals surface area contributed by atoms with Gasteiger partial charge in [-0.05, 0) is 19.4 Å². The van der Waals surface area contributed by atoms with Crippen LogP contribution >= 0.6 is 0 Å². The van der Waals surface area contributed by atoms with Gasteiger partial charge < -0.3 is 9.88 Å². The molecule has 0 aliphatic carbocycles.